The molecule has 0 atom stereocenters. The highest BCUT2D eigenvalue weighted by molar-refractivity contribution is 5.79. The SMILES string of the molecule is COC(=O)C(C)(C)NC1COC1. The summed E-state index contributed by atoms with van der Waals surface area (Å²) in [6.07, 6.45) is 0. The number of rotatable bonds is 3. The summed E-state index contributed by atoms with van der Waals surface area (Å²) in [5.41, 5.74) is -0.608. The Morgan fingerprint density at radius 3 is 2.50 bits per heavy atom. The average molecular weight is 173 g/mol. The summed E-state index contributed by atoms with van der Waals surface area (Å²) in [7, 11) is 1.39. The maximum absolute atomic E-state index is 11.2. The molecule has 12 heavy (non-hydrogen) atoms. The second kappa shape index (κ2) is 3.41. The molecule has 0 aromatic carbocycles. The Labute approximate surface area is 72.2 Å². The first-order valence-electron chi connectivity index (χ1n) is 4.00. The standard InChI is InChI=1S/C8H15NO3/c1-8(2,7(10)11-3)9-6-4-12-5-6/h6,9H,4-5H2,1-3H3. The van der Waals surface area contributed by atoms with E-state index in [1.807, 2.05) is 0 Å². The van der Waals surface area contributed by atoms with E-state index in [2.05, 4.69) is 10.1 Å². The molecule has 1 fully saturated rings. The molecule has 0 aromatic heterocycles. The molecule has 1 saturated heterocycles. The van der Waals surface area contributed by atoms with Gasteiger partial charge in [-0.2, -0.15) is 0 Å². The smallest absolute Gasteiger partial charge is 0.325 e. The van der Waals surface area contributed by atoms with E-state index in [1.54, 1.807) is 13.8 Å². The van der Waals surface area contributed by atoms with Gasteiger partial charge >= 0.3 is 5.97 Å². The number of hydrogen-bond donors (Lipinski definition) is 1. The predicted molar refractivity (Wildman–Crippen MR) is 43.8 cm³/mol. The van der Waals surface area contributed by atoms with Crippen molar-refractivity contribution in [2.24, 2.45) is 0 Å². The van der Waals surface area contributed by atoms with Crippen LogP contribution in [-0.2, 0) is 14.3 Å². The molecule has 1 aliphatic rings. The van der Waals surface area contributed by atoms with Gasteiger partial charge in [0.25, 0.3) is 0 Å². The van der Waals surface area contributed by atoms with Crippen LogP contribution in [0.3, 0.4) is 0 Å². The summed E-state index contributed by atoms with van der Waals surface area (Å²) in [4.78, 5) is 11.2. The number of hydrogen-bond acceptors (Lipinski definition) is 4. The number of methoxy groups -OCH3 is 1. The van der Waals surface area contributed by atoms with Gasteiger partial charge in [-0.3, -0.25) is 10.1 Å². The first kappa shape index (κ1) is 9.48. The van der Waals surface area contributed by atoms with Crippen LogP contribution < -0.4 is 5.32 Å². The monoisotopic (exact) mass is 173 g/mol. The molecule has 1 rings (SSSR count). The highest BCUT2D eigenvalue weighted by Gasteiger charge is 2.33. The van der Waals surface area contributed by atoms with Gasteiger partial charge in [0.2, 0.25) is 0 Å². The van der Waals surface area contributed by atoms with E-state index in [1.165, 1.54) is 7.11 Å². The van der Waals surface area contributed by atoms with Gasteiger partial charge in [-0.05, 0) is 13.8 Å². The van der Waals surface area contributed by atoms with Gasteiger partial charge in [0.15, 0.2) is 0 Å². The van der Waals surface area contributed by atoms with Crippen molar-refractivity contribution in [3.63, 3.8) is 0 Å². The predicted octanol–water partition coefficient (Wildman–Crippen LogP) is -0.0736. The van der Waals surface area contributed by atoms with Crippen molar-refractivity contribution in [2.75, 3.05) is 20.3 Å². The molecule has 0 amide bonds. The van der Waals surface area contributed by atoms with Crippen molar-refractivity contribution in [1.82, 2.24) is 5.32 Å². The summed E-state index contributed by atoms with van der Waals surface area (Å²) < 4.78 is 9.62. The van der Waals surface area contributed by atoms with Gasteiger partial charge < -0.3 is 9.47 Å². The second-order valence-corrected chi connectivity index (χ2v) is 3.50. The van der Waals surface area contributed by atoms with Crippen molar-refractivity contribution >= 4 is 5.97 Å². The molecule has 0 radical (unpaired) electrons. The summed E-state index contributed by atoms with van der Waals surface area (Å²) in [6.45, 7) is 4.97. The fourth-order valence-electron chi connectivity index (χ4n) is 1.14. The van der Waals surface area contributed by atoms with Crippen LogP contribution >= 0.6 is 0 Å². The molecule has 0 bridgehead atoms. The average Bonchev–Trinajstić information content (AvgIpc) is 1.95. The van der Waals surface area contributed by atoms with E-state index in [0.29, 0.717) is 19.3 Å². The summed E-state index contributed by atoms with van der Waals surface area (Å²) in [5, 5.41) is 3.14. The molecular formula is C8H15NO3. The highest BCUT2D eigenvalue weighted by atomic mass is 16.5. The molecule has 70 valence electrons. The molecular weight excluding hydrogens is 158 g/mol. The van der Waals surface area contributed by atoms with Crippen molar-refractivity contribution < 1.29 is 14.3 Å². The van der Waals surface area contributed by atoms with Crippen LogP contribution in [0, 0.1) is 0 Å². The van der Waals surface area contributed by atoms with Crippen LogP contribution in [0.2, 0.25) is 0 Å². The zero-order valence-corrected chi connectivity index (χ0v) is 7.72. The fraction of sp³-hybridized carbons (Fsp3) is 0.875. The lowest BCUT2D eigenvalue weighted by Gasteiger charge is -2.34. The number of carbonyl (C=O) groups is 1. The van der Waals surface area contributed by atoms with Crippen LogP contribution in [0.4, 0.5) is 0 Å². The van der Waals surface area contributed by atoms with Crippen molar-refractivity contribution in [1.29, 1.82) is 0 Å². The van der Waals surface area contributed by atoms with Crippen molar-refractivity contribution in [3.05, 3.63) is 0 Å². The number of carbonyl (C=O) groups excluding carboxylic acids is 1. The van der Waals surface area contributed by atoms with Gasteiger partial charge in [-0.1, -0.05) is 0 Å². The number of ether oxygens (including phenoxy) is 2. The maximum Gasteiger partial charge on any atom is 0.325 e. The molecule has 1 aliphatic heterocycles. The van der Waals surface area contributed by atoms with E-state index in [-0.39, 0.29) is 5.97 Å². The Morgan fingerprint density at radius 2 is 2.17 bits per heavy atom. The number of esters is 1. The fourth-order valence-corrected chi connectivity index (χ4v) is 1.14. The first-order chi connectivity index (χ1) is 5.56. The van der Waals surface area contributed by atoms with E-state index in [4.69, 9.17) is 4.74 Å². The maximum atomic E-state index is 11.2. The molecule has 4 heteroatoms. The van der Waals surface area contributed by atoms with Crippen molar-refractivity contribution in [3.8, 4) is 0 Å². The molecule has 1 heterocycles. The first-order valence-corrected chi connectivity index (χ1v) is 4.00. The lowest BCUT2D eigenvalue weighted by molar-refractivity contribution is -0.149. The van der Waals surface area contributed by atoms with E-state index in [9.17, 15) is 4.79 Å². The zero-order valence-electron chi connectivity index (χ0n) is 7.72. The Bertz CT molecular complexity index is 175. The van der Waals surface area contributed by atoms with E-state index in [0.717, 1.165) is 0 Å². The minimum atomic E-state index is -0.608. The minimum Gasteiger partial charge on any atom is -0.468 e. The van der Waals surface area contributed by atoms with Crippen LogP contribution in [-0.4, -0.2) is 37.9 Å². The normalized spacial score (nSPS) is 18.6. The van der Waals surface area contributed by atoms with Crippen LogP contribution in [0.5, 0.6) is 0 Å². The quantitative estimate of drug-likeness (QED) is 0.607. The van der Waals surface area contributed by atoms with Gasteiger partial charge in [-0.15, -0.1) is 0 Å². The molecule has 0 spiro atoms. The third-order valence-electron chi connectivity index (χ3n) is 1.90. The Morgan fingerprint density at radius 1 is 1.58 bits per heavy atom. The third kappa shape index (κ3) is 1.95. The molecule has 0 aromatic rings. The van der Waals surface area contributed by atoms with Gasteiger partial charge in [0.1, 0.15) is 5.54 Å². The topological polar surface area (TPSA) is 47.6 Å². The van der Waals surface area contributed by atoms with Crippen LogP contribution in [0.15, 0.2) is 0 Å². The Kier molecular flexibility index (Phi) is 2.69. The van der Waals surface area contributed by atoms with Gasteiger partial charge in [-0.25, -0.2) is 0 Å². The van der Waals surface area contributed by atoms with Crippen LogP contribution in [0.25, 0.3) is 0 Å². The third-order valence-corrected chi connectivity index (χ3v) is 1.90. The largest absolute Gasteiger partial charge is 0.468 e. The zero-order chi connectivity index (χ0) is 9.19. The van der Waals surface area contributed by atoms with E-state index >= 15 is 0 Å². The van der Waals surface area contributed by atoms with Crippen molar-refractivity contribution in [2.45, 2.75) is 25.4 Å². The lowest BCUT2D eigenvalue weighted by Crippen LogP contribution is -2.58. The summed E-state index contributed by atoms with van der Waals surface area (Å²) in [5.74, 6) is -0.241. The Balaban J connectivity index is 2.40. The summed E-state index contributed by atoms with van der Waals surface area (Å²) >= 11 is 0. The van der Waals surface area contributed by atoms with E-state index < -0.39 is 5.54 Å². The molecule has 0 saturated carbocycles. The molecule has 1 N–H and O–H groups in total. The van der Waals surface area contributed by atoms with Crippen LogP contribution in [0.1, 0.15) is 13.8 Å². The molecule has 0 unspecified atom stereocenters. The lowest BCUT2D eigenvalue weighted by atomic mass is 10.0. The highest BCUT2D eigenvalue weighted by Crippen LogP contribution is 2.10. The minimum absolute atomic E-state index is 0.241. The number of nitrogens with one attached hydrogen (secondary N) is 1. The van der Waals surface area contributed by atoms with Gasteiger partial charge in [0, 0.05) is 0 Å². The Hall–Kier alpha value is -0.610. The van der Waals surface area contributed by atoms with Gasteiger partial charge in [0.05, 0.1) is 26.4 Å². The molecule has 0 aliphatic carbocycles. The summed E-state index contributed by atoms with van der Waals surface area (Å²) in [6, 6.07) is 0.291. The molecule has 4 nitrogen and oxygen atoms in total. The second-order valence-electron chi connectivity index (χ2n) is 3.50.